The Kier molecular flexibility index (Phi) is 5.72. The lowest BCUT2D eigenvalue weighted by Gasteiger charge is -2.27. The van der Waals surface area contributed by atoms with Gasteiger partial charge in [-0.1, -0.05) is 12.1 Å². The minimum absolute atomic E-state index is 0.228. The predicted molar refractivity (Wildman–Crippen MR) is 84.2 cm³/mol. The number of benzene rings is 1. The number of halogens is 3. The van der Waals surface area contributed by atoms with Crippen molar-refractivity contribution in [2.24, 2.45) is 10.4 Å². The van der Waals surface area contributed by atoms with E-state index >= 15 is 0 Å². The van der Waals surface area contributed by atoms with Gasteiger partial charge in [0.25, 0.3) is 0 Å². The van der Waals surface area contributed by atoms with Crippen LogP contribution in [-0.4, -0.2) is 17.7 Å². The molecule has 0 saturated heterocycles. The number of rotatable bonds is 4. The summed E-state index contributed by atoms with van der Waals surface area (Å²) in [6.07, 6.45) is -4.47. The van der Waals surface area contributed by atoms with Gasteiger partial charge in [0, 0.05) is 0 Å². The second-order valence-electron chi connectivity index (χ2n) is 6.38. The highest BCUT2D eigenvalue weighted by Gasteiger charge is 2.35. The molecule has 0 aliphatic heterocycles. The van der Waals surface area contributed by atoms with Crippen molar-refractivity contribution < 1.29 is 22.7 Å². The molecule has 0 N–H and O–H groups in total. The fourth-order valence-electron chi connectivity index (χ4n) is 1.73. The van der Waals surface area contributed by atoms with Gasteiger partial charge in [0.05, 0.1) is 16.1 Å². The molecule has 0 bridgehead atoms. The normalized spacial score (nSPS) is 14.6. The summed E-state index contributed by atoms with van der Waals surface area (Å²) < 4.78 is 43.8. The van der Waals surface area contributed by atoms with Gasteiger partial charge in [-0.2, -0.15) is 13.2 Å². The smallest absolute Gasteiger partial charge is 0.416 e. The van der Waals surface area contributed by atoms with Gasteiger partial charge < -0.3 is 4.74 Å². The van der Waals surface area contributed by atoms with Gasteiger partial charge in [-0.15, -0.1) is 0 Å². The van der Waals surface area contributed by atoms with Gasteiger partial charge in [-0.3, -0.25) is 4.79 Å². The van der Waals surface area contributed by atoms with Crippen LogP contribution in [0, 0.1) is 5.41 Å². The lowest BCUT2D eigenvalue weighted by atomic mass is 9.91. The molecule has 3 nitrogen and oxygen atoms in total. The number of thiocarbonyl (C=S) groups is 1. The number of esters is 1. The number of alkyl halides is 3. The zero-order valence-corrected chi connectivity index (χ0v) is 14.1. The van der Waals surface area contributed by atoms with Crippen molar-refractivity contribution in [2.45, 2.75) is 39.4 Å². The Morgan fingerprint density at radius 3 is 2.26 bits per heavy atom. The molecule has 0 heterocycles. The Morgan fingerprint density at radius 1 is 1.22 bits per heavy atom. The number of ether oxygens (including phenoxy) is 1. The van der Waals surface area contributed by atoms with Crippen molar-refractivity contribution in [3.05, 3.63) is 35.4 Å². The van der Waals surface area contributed by atoms with Gasteiger partial charge in [0.1, 0.15) is 12.1 Å². The van der Waals surface area contributed by atoms with Gasteiger partial charge in [0.15, 0.2) is 0 Å². The van der Waals surface area contributed by atoms with Gasteiger partial charge >= 0.3 is 12.1 Å². The molecule has 1 atom stereocenters. The zero-order valence-electron chi connectivity index (χ0n) is 13.3. The minimum atomic E-state index is -4.47. The van der Waals surface area contributed by atoms with Crippen LogP contribution in [0.15, 0.2) is 29.3 Å². The van der Waals surface area contributed by atoms with E-state index in [2.05, 4.69) is 22.4 Å². The molecule has 0 aliphatic rings. The summed E-state index contributed by atoms with van der Waals surface area (Å²) >= 11 is 4.58. The number of hydrogen-bond acceptors (Lipinski definition) is 4. The molecule has 126 valence electrons. The molecule has 23 heavy (non-hydrogen) atoms. The first-order chi connectivity index (χ1) is 10.4. The summed E-state index contributed by atoms with van der Waals surface area (Å²) in [5, 5.41) is 2.16. The van der Waals surface area contributed by atoms with E-state index in [0.717, 1.165) is 12.1 Å². The molecule has 0 amide bonds. The summed E-state index contributed by atoms with van der Waals surface area (Å²) in [6, 6.07) is 4.70. The van der Waals surface area contributed by atoms with Crippen LogP contribution in [0.4, 0.5) is 13.2 Å². The molecule has 1 aromatic rings. The Hall–Kier alpha value is -1.72. The van der Waals surface area contributed by atoms with Crippen LogP contribution >= 0.6 is 12.2 Å². The van der Waals surface area contributed by atoms with Crippen LogP contribution in [0.1, 0.15) is 38.8 Å². The van der Waals surface area contributed by atoms with E-state index in [1.807, 2.05) is 0 Å². The number of carbonyl (C=O) groups is 1. The quantitative estimate of drug-likeness (QED) is 0.454. The SMILES string of the molecule is CC(C)(C)C(=O)OCC(C)(N=C=S)c1cccc(C(F)(F)F)c1. The van der Waals surface area contributed by atoms with E-state index in [4.69, 9.17) is 4.74 Å². The first kappa shape index (κ1) is 19.3. The third-order valence-corrected chi connectivity index (χ3v) is 3.29. The molecule has 7 heteroatoms. The Balaban J connectivity index is 3.15. The summed E-state index contributed by atoms with van der Waals surface area (Å²) in [5.74, 6) is -0.477. The molecule has 0 aromatic heterocycles. The van der Waals surface area contributed by atoms with E-state index in [-0.39, 0.29) is 12.2 Å². The first-order valence-corrected chi connectivity index (χ1v) is 7.25. The van der Waals surface area contributed by atoms with Gasteiger partial charge in [0.2, 0.25) is 0 Å². The maximum absolute atomic E-state index is 12.9. The maximum atomic E-state index is 12.9. The topological polar surface area (TPSA) is 38.7 Å². The Bertz CT molecular complexity index is 631. The number of isothiocyanates is 1. The monoisotopic (exact) mass is 345 g/mol. The van der Waals surface area contributed by atoms with Gasteiger partial charge in [-0.25, -0.2) is 4.99 Å². The Labute approximate surface area is 138 Å². The van der Waals surface area contributed by atoms with Crippen molar-refractivity contribution in [3.8, 4) is 0 Å². The lowest BCUT2D eigenvalue weighted by Crippen LogP contribution is -2.32. The van der Waals surface area contributed by atoms with Crippen molar-refractivity contribution >= 4 is 23.3 Å². The molecular weight excluding hydrogens is 327 g/mol. The second-order valence-corrected chi connectivity index (χ2v) is 6.56. The molecule has 0 radical (unpaired) electrons. The van der Waals surface area contributed by atoms with Crippen molar-refractivity contribution in [1.29, 1.82) is 0 Å². The number of nitrogens with zero attached hydrogens (tertiary/aromatic N) is 1. The van der Waals surface area contributed by atoms with Crippen LogP contribution in [0.2, 0.25) is 0 Å². The summed E-state index contributed by atoms with van der Waals surface area (Å²) in [4.78, 5) is 15.8. The van der Waals surface area contributed by atoms with Crippen molar-refractivity contribution in [2.75, 3.05) is 6.61 Å². The first-order valence-electron chi connectivity index (χ1n) is 6.84. The number of aliphatic imine (C=N–C) groups is 1. The zero-order chi connectivity index (χ0) is 17.9. The lowest BCUT2D eigenvalue weighted by molar-refractivity contribution is -0.154. The molecule has 1 rings (SSSR count). The van der Waals surface area contributed by atoms with Gasteiger partial charge in [-0.05, 0) is 57.6 Å². The summed E-state index contributed by atoms with van der Waals surface area (Å²) in [5.41, 5.74) is -2.52. The average molecular weight is 345 g/mol. The molecule has 0 aliphatic carbocycles. The van der Waals surface area contributed by atoms with Crippen molar-refractivity contribution in [3.63, 3.8) is 0 Å². The fraction of sp³-hybridized carbons (Fsp3) is 0.500. The van der Waals surface area contributed by atoms with E-state index in [9.17, 15) is 18.0 Å². The van der Waals surface area contributed by atoms with E-state index in [0.29, 0.717) is 0 Å². The molecule has 0 spiro atoms. The van der Waals surface area contributed by atoms with Crippen LogP contribution in [0.25, 0.3) is 0 Å². The van der Waals surface area contributed by atoms with E-state index < -0.39 is 28.7 Å². The second kappa shape index (κ2) is 6.81. The number of hydrogen-bond donors (Lipinski definition) is 0. The highest BCUT2D eigenvalue weighted by atomic mass is 32.1. The average Bonchev–Trinajstić information content (AvgIpc) is 2.43. The van der Waals surface area contributed by atoms with Crippen LogP contribution in [-0.2, 0) is 21.2 Å². The van der Waals surface area contributed by atoms with Crippen LogP contribution < -0.4 is 0 Å². The third kappa shape index (κ3) is 5.15. The van der Waals surface area contributed by atoms with E-state index in [1.165, 1.54) is 19.1 Å². The largest absolute Gasteiger partial charge is 0.462 e. The predicted octanol–water partition coefficient (Wildman–Crippen LogP) is 4.61. The summed E-state index contributed by atoms with van der Waals surface area (Å²) in [6.45, 7) is 6.35. The molecular formula is C16H18F3NO2S. The van der Waals surface area contributed by atoms with Crippen LogP contribution in [0.5, 0.6) is 0 Å². The summed E-state index contributed by atoms with van der Waals surface area (Å²) in [7, 11) is 0. The fourth-order valence-corrected chi connectivity index (χ4v) is 1.94. The third-order valence-electron chi connectivity index (χ3n) is 3.20. The minimum Gasteiger partial charge on any atom is -0.462 e. The molecule has 0 fully saturated rings. The highest BCUT2D eigenvalue weighted by Crippen LogP contribution is 2.34. The van der Waals surface area contributed by atoms with Crippen molar-refractivity contribution in [1.82, 2.24) is 0 Å². The van der Waals surface area contributed by atoms with Crippen LogP contribution in [0.3, 0.4) is 0 Å². The molecule has 1 aromatic carbocycles. The molecule has 0 saturated carbocycles. The van der Waals surface area contributed by atoms with E-state index in [1.54, 1.807) is 20.8 Å². The molecule has 1 unspecified atom stereocenters. The maximum Gasteiger partial charge on any atom is 0.416 e. The standard InChI is InChI=1S/C16H18F3NO2S/c1-14(2,3)13(21)22-9-15(4,20-10-23)11-6-5-7-12(8-11)16(17,18)19/h5-8H,9H2,1-4H3. The highest BCUT2D eigenvalue weighted by molar-refractivity contribution is 7.78. The Morgan fingerprint density at radius 2 is 1.78 bits per heavy atom. The number of carbonyl (C=O) groups excluding carboxylic acids is 1.